The quantitative estimate of drug-likeness (QED) is 0.787. The number of hydrogen-bond acceptors (Lipinski definition) is 5. The van der Waals surface area contributed by atoms with Crippen molar-refractivity contribution in [3.8, 4) is 0 Å². The molecule has 1 aromatic heterocycles. The Hall–Kier alpha value is -1.74. The molecule has 0 aliphatic rings. The normalized spacial score (nSPS) is 12.8. The maximum absolute atomic E-state index is 12.2. The molecule has 0 saturated carbocycles. The van der Waals surface area contributed by atoms with E-state index in [1.165, 1.54) is 30.6 Å². The highest BCUT2D eigenvalue weighted by Gasteiger charge is 2.17. The van der Waals surface area contributed by atoms with Gasteiger partial charge in [-0.25, -0.2) is 13.1 Å². The average molecular weight is 368 g/mol. The van der Waals surface area contributed by atoms with Gasteiger partial charge in [-0.3, -0.25) is 4.79 Å². The van der Waals surface area contributed by atoms with Crippen molar-refractivity contribution in [1.29, 1.82) is 0 Å². The number of carbonyl (C=O) groups is 1. The molecule has 0 spiro atoms. The number of ether oxygens (including phenoxy) is 1. The summed E-state index contributed by atoms with van der Waals surface area (Å²) in [7, 11) is -2.11. The number of thiophene rings is 1. The summed E-state index contributed by atoms with van der Waals surface area (Å²) in [6.45, 7) is 3.94. The van der Waals surface area contributed by atoms with Crippen LogP contribution in [0.1, 0.15) is 21.5 Å². The van der Waals surface area contributed by atoms with E-state index in [1.54, 1.807) is 25.1 Å². The fraction of sp³-hybridized carbons (Fsp3) is 0.312. The number of aryl methyl sites for hydroxylation is 1. The van der Waals surface area contributed by atoms with Crippen LogP contribution in [0.4, 0.5) is 5.69 Å². The molecule has 6 nitrogen and oxygen atoms in total. The Morgan fingerprint density at radius 2 is 1.88 bits per heavy atom. The van der Waals surface area contributed by atoms with Gasteiger partial charge in [-0.2, -0.15) is 0 Å². The monoisotopic (exact) mass is 368 g/mol. The summed E-state index contributed by atoms with van der Waals surface area (Å²) in [6.07, 6.45) is 0. The summed E-state index contributed by atoms with van der Waals surface area (Å²) in [5, 5.41) is 2.75. The van der Waals surface area contributed by atoms with Crippen molar-refractivity contribution in [1.82, 2.24) is 4.72 Å². The van der Waals surface area contributed by atoms with Crippen molar-refractivity contribution in [2.45, 2.75) is 24.8 Å². The van der Waals surface area contributed by atoms with Crippen LogP contribution >= 0.6 is 11.3 Å². The van der Waals surface area contributed by atoms with Crippen molar-refractivity contribution < 1.29 is 17.9 Å². The van der Waals surface area contributed by atoms with Gasteiger partial charge in [0.1, 0.15) is 0 Å². The fourth-order valence-electron chi connectivity index (χ4n) is 2.08. The van der Waals surface area contributed by atoms with Gasteiger partial charge in [0.05, 0.1) is 16.4 Å². The molecule has 0 radical (unpaired) electrons. The molecule has 24 heavy (non-hydrogen) atoms. The number of nitrogens with one attached hydrogen (secondary N) is 2. The number of sulfonamides is 1. The number of carbonyl (C=O) groups excluding carboxylic acids is 1. The molecule has 8 heteroatoms. The van der Waals surface area contributed by atoms with Gasteiger partial charge in [-0.05, 0) is 50.2 Å². The molecule has 2 aromatic rings. The van der Waals surface area contributed by atoms with Crippen LogP contribution in [-0.4, -0.2) is 34.1 Å². The van der Waals surface area contributed by atoms with E-state index in [0.717, 1.165) is 4.88 Å². The van der Waals surface area contributed by atoms with Crippen LogP contribution < -0.4 is 10.0 Å². The fourth-order valence-corrected chi connectivity index (χ4v) is 4.07. The zero-order chi connectivity index (χ0) is 17.7. The third-order valence-electron chi connectivity index (χ3n) is 3.16. The highest BCUT2D eigenvalue weighted by atomic mass is 32.2. The predicted octanol–water partition coefficient (Wildman–Crippen LogP) is 2.62. The average Bonchev–Trinajstić information content (AvgIpc) is 2.94. The first-order valence-corrected chi connectivity index (χ1v) is 9.61. The summed E-state index contributed by atoms with van der Waals surface area (Å²) in [5.74, 6) is -0.212. The van der Waals surface area contributed by atoms with Gasteiger partial charge in [0.15, 0.2) is 0 Å². The smallest absolute Gasteiger partial charge is 0.265 e. The van der Waals surface area contributed by atoms with Gasteiger partial charge < -0.3 is 10.1 Å². The molecule has 1 unspecified atom stereocenters. The number of rotatable bonds is 7. The van der Waals surface area contributed by atoms with E-state index in [-0.39, 0.29) is 23.5 Å². The van der Waals surface area contributed by atoms with Crippen LogP contribution in [0.5, 0.6) is 0 Å². The van der Waals surface area contributed by atoms with E-state index >= 15 is 0 Å². The van der Waals surface area contributed by atoms with E-state index in [1.807, 2.05) is 13.0 Å². The Bertz CT molecular complexity index is 798. The highest BCUT2D eigenvalue weighted by molar-refractivity contribution is 7.89. The van der Waals surface area contributed by atoms with Crippen LogP contribution in [0.2, 0.25) is 0 Å². The number of benzene rings is 1. The minimum Gasteiger partial charge on any atom is -0.383 e. The molecule has 1 amide bonds. The number of hydrogen-bond donors (Lipinski definition) is 2. The van der Waals surface area contributed by atoms with E-state index in [9.17, 15) is 13.2 Å². The lowest BCUT2D eigenvalue weighted by Crippen LogP contribution is -2.35. The van der Waals surface area contributed by atoms with Crippen molar-refractivity contribution in [2.75, 3.05) is 19.0 Å². The topological polar surface area (TPSA) is 84.5 Å². The molecule has 0 fully saturated rings. The molecule has 0 bridgehead atoms. The summed E-state index contributed by atoms with van der Waals surface area (Å²) >= 11 is 1.40. The first-order valence-electron chi connectivity index (χ1n) is 7.31. The standard InChI is InChI=1S/C16H20N2O4S2/c1-11(10-22-3)18-24(20,21)14-7-5-13(6-8-14)17-16(19)15-9-4-12(2)23-15/h4-9,11,18H,10H2,1-3H3,(H,17,19). The SMILES string of the molecule is COCC(C)NS(=O)(=O)c1ccc(NC(=O)c2ccc(C)s2)cc1. The summed E-state index contributed by atoms with van der Waals surface area (Å²) in [4.78, 5) is 13.9. The molecular weight excluding hydrogens is 348 g/mol. The number of amides is 1. The minimum atomic E-state index is -3.62. The van der Waals surface area contributed by atoms with Gasteiger partial charge in [0.2, 0.25) is 10.0 Å². The van der Waals surface area contributed by atoms with Gasteiger partial charge >= 0.3 is 0 Å². The van der Waals surface area contributed by atoms with Crippen LogP contribution in [0.3, 0.4) is 0 Å². The lowest BCUT2D eigenvalue weighted by molar-refractivity contribution is 0.103. The van der Waals surface area contributed by atoms with Crippen molar-refractivity contribution in [2.24, 2.45) is 0 Å². The van der Waals surface area contributed by atoms with Gasteiger partial charge in [0, 0.05) is 23.7 Å². The molecule has 1 atom stereocenters. The molecule has 0 saturated heterocycles. The second-order valence-corrected chi connectivity index (χ2v) is 8.37. The molecule has 1 heterocycles. The number of methoxy groups -OCH3 is 1. The zero-order valence-electron chi connectivity index (χ0n) is 13.7. The Kier molecular flexibility index (Phi) is 6.11. The van der Waals surface area contributed by atoms with E-state index < -0.39 is 10.0 Å². The van der Waals surface area contributed by atoms with E-state index in [4.69, 9.17) is 4.74 Å². The molecule has 130 valence electrons. The van der Waals surface area contributed by atoms with Gasteiger partial charge in [-0.1, -0.05) is 0 Å². The highest BCUT2D eigenvalue weighted by Crippen LogP contribution is 2.19. The Morgan fingerprint density at radius 1 is 1.21 bits per heavy atom. The molecular formula is C16H20N2O4S2. The third-order valence-corrected chi connectivity index (χ3v) is 5.76. The first-order chi connectivity index (χ1) is 11.3. The summed E-state index contributed by atoms with van der Waals surface area (Å²) < 4.78 is 31.9. The van der Waals surface area contributed by atoms with Crippen molar-refractivity contribution in [3.63, 3.8) is 0 Å². The van der Waals surface area contributed by atoms with Crippen LogP contribution in [0.25, 0.3) is 0 Å². The lowest BCUT2D eigenvalue weighted by Gasteiger charge is -2.13. The Labute approximate surface area is 145 Å². The van der Waals surface area contributed by atoms with Crippen LogP contribution in [0, 0.1) is 6.92 Å². The molecule has 0 aliphatic heterocycles. The second-order valence-electron chi connectivity index (χ2n) is 5.37. The molecule has 2 N–H and O–H groups in total. The van der Waals surface area contributed by atoms with Crippen LogP contribution in [0.15, 0.2) is 41.3 Å². The Morgan fingerprint density at radius 3 is 2.42 bits per heavy atom. The van der Waals surface area contributed by atoms with Gasteiger partial charge in [0.25, 0.3) is 5.91 Å². The van der Waals surface area contributed by atoms with Gasteiger partial charge in [-0.15, -0.1) is 11.3 Å². The first kappa shape index (κ1) is 18.6. The largest absolute Gasteiger partial charge is 0.383 e. The lowest BCUT2D eigenvalue weighted by atomic mass is 10.3. The second kappa shape index (κ2) is 7.89. The summed E-state index contributed by atoms with van der Waals surface area (Å²) in [6, 6.07) is 9.34. The van der Waals surface area contributed by atoms with Crippen molar-refractivity contribution in [3.05, 3.63) is 46.2 Å². The molecule has 2 rings (SSSR count). The minimum absolute atomic E-state index is 0.135. The summed E-state index contributed by atoms with van der Waals surface area (Å²) in [5.41, 5.74) is 0.537. The molecule has 1 aromatic carbocycles. The third kappa shape index (κ3) is 4.88. The predicted molar refractivity (Wildman–Crippen MR) is 95.1 cm³/mol. The maximum atomic E-state index is 12.2. The van der Waals surface area contributed by atoms with Crippen molar-refractivity contribution >= 4 is 33.0 Å². The maximum Gasteiger partial charge on any atom is 0.265 e. The zero-order valence-corrected chi connectivity index (χ0v) is 15.3. The van der Waals surface area contributed by atoms with Crippen LogP contribution in [-0.2, 0) is 14.8 Å². The molecule has 0 aliphatic carbocycles. The van der Waals surface area contributed by atoms with E-state index in [0.29, 0.717) is 10.6 Å². The number of anilines is 1. The van der Waals surface area contributed by atoms with E-state index in [2.05, 4.69) is 10.0 Å². The Balaban J connectivity index is 2.06.